The first-order valence-electron chi connectivity index (χ1n) is 6.20. The van der Waals surface area contributed by atoms with Gasteiger partial charge in [-0.15, -0.1) is 0 Å². The molecule has 3 atom stereocenters. The van der Waals surface area contributed by atoms with Crippen molar-refractivity contribution in [2.75, 3.05) is 20.2 Å². The molecule has 0 amide bonds. The average Bonchev–Trinajstić information content (AvgIpc) is 2.35. The topological polar surface area (TPSA) is 41.6 Å². The van der Waals surface area contributed by atoms with Crippen molar-refractivity contribution in [3.8, 4) is 0 Å². The van der Waals surface area contributed by atoms with Gasteiger partial charge in [-0.05, 0) is 19.8 Å². The number of ether oxygens (including phenoxy) is 1. The van der Waals surface area contributed by atoms with Gasteiger partial charge >= 0.3 is 5.97 Å². The summed E-state index contributed by atoms with van der Waals surface area (Å²) in [6.07, 6.45) is 2.16. The van der Waals surface area contributed by atoms with E-state index in [9.17, 15) is 4.79 Å². The van der Waals surface area contributed by atoms with Crippen LogP contribution in [0.1, 0.15) is 33.6 Å². The third-order valence-electron chi connectivity index (χ3n) is 3.55. The molecule has 1 aliphatic rings. The van der Waals surface area contributed by atoms with Gasteiger partial charge in [-0.1, -0.05) is 13.8 Å². The van der Waals surface area contributed by atoms with Gasteiger partial charge in [0.1, 0.15) is 6.04 Å². The summed E-state index contributed by atoms with van der Waals surface area (Å²) in [6.45, 7) is 8.18. The van der Waals surface area contributed by atoms with Crippen molar-refractivity contribution in [2.45, 2.75) is 51.7 Å². The first-order valence-corrected chi connectivity index (χ1v) is 6.20. The van der Waals surface area contributed by atoms with Crippen LogP contribution in [0.2, 0.25) is 0 Å². The van der Waals surface area contributed by atoms with Gasteiger partial charge in [0, 0.05) is 25.2 Å². The van der Waals surface area contributed by atoms with Gasteiger partial charge in [-0.25, -0.2) is 0 Å². The van der Waals surface area contributed by atoms with E-state index in [1.807, 2.05) is 6.92 Å². The lowest BCUT2D eigenvalue weighted by Crippen LogP contribution is -2.60. The van der Waals surface area contributed by atoms with E-state index in [-0.39, 0.29) is 12.0 Å². The Kier molecular flexibility index (Phi) is 5.22. The molecule has 94 valence electrons. The lowest BCUT2D eigenvalue weighted by Gasteiger charge is -2.42. The minimum Gasteiger partial charge on any atom is -0.468 e. The van der Waals surface area contributed by atoms with E-state index in [1.54, 1.807) is 0 Å². The monoisotopic (exact) mass is 228 g/mol. The molecule has 1 fully saturated rings. The molecule has 4 heteroatoms. The number of rotatable bonds is 4. The minimum atomic E-state index is -0.133. The molecule has 1 N–H and O–H groups in total. The molecule has 3 unspecified atom stereocenters. The first-order chi connectivity index (χ1) is 7.63. The van der Waals surface area contributed by atoms with Crippen LogP contribution in [-0.4, -0.2) is 49.2 Å². The number of nitrogens with zero attached hydrogens (tertiary/aromatic N) is 1. The molecule has 0 aromatic heterocycles. The molecule has 0 bridgehead atoms. The van der Waals surface area contributed by atoms with Gasteiger partial charge < -0.3 is 10.1 Å². The molecule has 0 aromatic carbocycles. The molecular formula is C12H24N2O2. The van der Waals surface area contributed by atoms with Crippen molar-refractivity contribution in [3.05, 3.63) is 0 Å². The third kappa shape index (κ3) is 2.95. The number of hydrogen-bond acceptors (Lipinski definition) is 4. The second-order valence-electron chi connectivity index (χ2n) is 4.47. The molecule has 1 rings (SSSR count). The number of hydrogen-bond donors (Lipinski definition) is 1. The van der Waals surface area contributed by atoms with Crippen LogP contribution in [0.5, 0.6) is 0 Å². The average molecular weight is 228 g/mol. The summed E-state index contributed by atoms with van der Waals surface area (Å²) in [4.78, 5) is 13.9. The highest BCUT2D eigenvalue weighted by Crippen LogP contribution is 2.16. The number of methoxy groups -OCH3 is 1. The highest BCUT2D eigenvalue weighted by Gasteiger charge is 2.32. The Hall–Kier alpha value is -0.610. The maximum Gasteiger partial charge on any atom is 0.322 e. The lowest BCUT2D eigenvalue weighted by atomic mass is 10.0. The van der Waals surface area contributed by atoms with Crippen LogP contribution in [0.15, 0.2) is 0 Å². The van der Waals surface area contributed by atoms with Crippen LogP contribution in [0.4, 0.5) is 0 Å². The predicted molar refractivity (Wildman–Crippen MR) is 64.3 cm³/mol. The van der Waals surface area contributed by atoms with E-state index in [4.69, 9.17) is 4.74 Å². The SMILES string of the molecule is CCC1CN(C(C)C(=O)OC)C(CC)CN1. The maximum absolute atomic E-state index is 11.6. The highest BCUT2D eigenvalue weighted by atomic mass is 16.5. The molecule has 0 aromatic rings. The van der Waals surface area contributed by atoms with E-state index in [0.717, 1.165) is 25.9 Å². The molecule has 1 saturated heterocycles. The van der Waals surface area contributed by atoms with Crippen molar-refractivity contribution in [1.29, 1.82) is 0 Å². The number of esters is 1. The quantitative estimate of drug-likeness (QED) is 0.729. The van der Waals surface area contributed by atoms with Crippen molar-refractivity contribution in [1.82, 2.24) is 10.2 Å². The molecule has 0 radical (unpaired) electrons. The summed E-state index contributed by atoms with van der Waals surface area (Å²) in [7, 11) is 1.46. The lowest BCUT2D eigenvalue weighted by molar-refractivity contribution is -0.148. The molecule has 0 aliphatic carbocycles. The number of piperazine rings is 1. The van der Waals surface area contributed by atoms with Crippen LogP contribution in [0.3, 0.4) is 0 Å². The van der Waals surface area contributed by atoms with E-state index in [0.29, 0.717) is 12.1 Å². The fourth-order valence-electron chi connectivity index (χ4n) is 2.32. The molecule has 1 heterocycles. The van der Waals surface area contributed by atoms with Crippen LogP contribution in [0.25, 0.3) is 0 Å². The van der Waals surface area contributed by atoms with Gasteiger partial charge in [0.25, 0.3) is 0 Å². The summed E-state index contributed by atoms with van der Waals surface area (Å²) in [6, 6.07) is 0.804. The van der Waals surface area contributed by atoms with Crippen LogP contribution < -0.4 is 5.32 Å². The van der Waals surface area contributed by atoms with E-state index in [1.165, 1.54) is 7.11 Å². The molecular weight excluding hydrogens is 204 g/mol. The van der Waals surface area contributed by atoms with E-state index >= 15 is 0 Å². The summed E-state index contributed by atoms with van der Waals surface area (Å²) in [5, 5.41) is 3.52. The van der Waals surface area contributed by atoms with Crippen molar-refractivity contribution < 1.29 is 9.53 Å². The predicted octanol–water partition coefficient (Wildman–Crippen LogP) is 1.01. The standard InChI is InChI=1S/C12H24N2O2/c1-5-10-8-14(9(3)12(15)16-4)11(6-2)7-13-10/h9-11,13H,5-8H2,1-4H3. The molecule has 16 heavy (non-hydrogen) atoms. The van der Waals surface area contributed by atoms with E-state index in [2.05, 4.69) is 24.1 Å². The van der Waals surface area contributed by atoms with Crippen LogP contribution in [-0.2, 0) is 9.53 Å². The summed E-state index contributed by atoms with van der Waals surface area (Å²) < 4.78 is 4.83. The first kappa shape index (κ1) is 13.5. The molecule has 0 spiro atoms. The zero-order chi connectivity index (χ0) is 12.1. The third-order valence-corrected chi connectivity index (χ3v) is 3.55. The van der Waals surface area contributed by atoms with Crippen LogP contribution >= 0.6 is 0 Å². The van der Waals surface area contributed by atoms with Gasteiger partial charge in [-0.2, -0.15) is 0 Å². The zero-order valence-electron chi connectivity index (χ0n) is 10.8. The summed E-state index contributed by atoms with van der Waals surface area (Å²) in [5.41, 5.74) is 0. The molecule has 1 aliphatic heterocycles. The number of carbonyl (C=O) groups excluding carboxylic acids is 1. The van der Waals surface area contributed by atoms with Crippen molar-refractivity contribution >= 4 is 5.97 Å². The van der Waals surface area contributed by atoms with Crippen molar-refractivity contribution in [3.63, 3.8) is 0 Å². The van der Waals surface area contributed by atoms with Gasteiger partial charge in [0.2, 0.25) is 0 Å². The van der Waals surface area contributed by atoms with E-state index < -0.39 is 0 Å². The second-order valence-corrected chi connectivity index (χ2v) is 4.47. The molecule has 4 nitrogen and oxygen atoms in total. The normalized spacial score (nSPS) is 28.8. The minimum absolute atomic E-state index is 0.129. The smallest absolute Gasteiger partial charge is 0.322 e. The van der Waals surface area contributed by atoms with Crippen LogP contribution in [0, 0.1) is 0 Å². The van der Waals surface area contributed by atoms with Gasteiger partial charge in [0.15, 0.2) is 0 Å². The van der Waals surface area contributed by atoms with Crippen molar-refractivity contribution in [2.24, 2.45) is 0 Å². The van der Waals surface area contributed by atoms with Gasteiger partial charge in [0.05, 0.1) is 7.11 Å². The Labute approximate surface area is 98.3 Å². The molecule has 0 saturated carbocycles. The van der Waals surface area contributed by atoms with Gasteiger partial charge in [-0.3, -0.25) is 9.69 Å². The second kappa shape index (κ2) is 6.21. The fourth-order valence-corrected chi connectivity index (χ4v) is 2.32. The Morgan fingerprint density at radius 3 is 2.69 bits per heavy atom. The zero-order valence-corrected chi connectivity index (χ0v) is 10.8. The summed E-state index contributed by atoms with van der Waals surface area (Å²) >= 11 is 0. The largest absolute Gasteiger partial charge is 0.468 e. The Balaban J connectivity index is 2.67. The Morgan fingerprint density at radius 2 is 2.19 bits per heavy atom. The maximum atomic E-state index is 11.6. The fraction of sp³-hybridized carbons (Fsp3) is 0.917. The number of nitrogens with one attached hydrogen (secondary N) is 1. The number of carbonyl (C=O) groups is 1. The summed E-state index contributed by atoms with van der Waals surface area (Å²) in [5.74, 6) is -0.129. The Bertz CT molecular complexity index is 233. The highest BCUT2D eigenvalue weighted by molar-refractivity contribution is 5.75. The Morgan fingerprint density at radius 1 is 1.50 bits per heavy atom.